The van der Waals surface area contributed by atoms with Gasteiger partial charge in [-0.3, -0.25) is 9.59 Å². The number of amides is 4. The third-order valence-corrected chi connectivity index (χ3v) is 6.56. The first-order chi connectivity index (χ1) is 16.5. The molecule has 7 nitrogen and oxygen atoms in total. The lowest BCUT2D eigenvalue weighted by Crippen LogP contribution is -2.39. The molecule has 4 amide bonds. The molecule has 1 N–H and O–H groups in total. The van der Waals surface area contributed by atoms with E-state index in [4.69, 9.17) is 16.3 Å². The van der Waals surface area contributed by atoms with E-state index in [1.807, 2.05) is 24.4 Å². The number of thiophene rings is 1. The number of halogens is 1. The van der Waals surface area contributed by atoms with Crippen LogP contribution >= 0.6 is 22.9 Å². The van der Waals surface area contributed by atoms with Crippen LogP contribution < -0.4 is 15.0 Å². The van der Waals surface area contributed by atoms with Gasteiger partial charge in [-0.15, -0.1) is 11.3 Å². The van der Waals surface area contributed by atoms with Crippen molar-refractivity contribution in [2.75, 3.05) is 23.4 Å². The van der Waals surface area contributed by atoms with Gasteiger partial charge in [0.15, 0.2) is 0 Å². The Morgan fingerprint density at radius 1 is 1.12 bits per heavy atom. The first-order valence-corrected chi connectivity index (χ1v) is 12.2. The number of nitrogens with one attached hydrogen (secondary N) is 1. The van der Waals surface area contributed by atoms with E-state index in [9.17, 15) is 14.4 Å². The molecule has 1 unspecified atom stereocenters. The van der Waals surface area contributed by atoms with Crippen LogP contribution in [0.5, 0.6) is 5.75 Å². The molecule has 1 aliphatic heterocycles. The summed E-state index contributed by atoms with van der Waals surface area (Å²) in [5.41, 5.74) is 0.972. The zero-order valence-corrected chi connectivity index (χ0v) is 20.1. The van der Waals surface area contributed by atoms with Gasteiger partial charge in [0, 0.05) is 22.1 Å². The van der Waals surface area contributed by atoms with E-state index in [1.165, 1.54) is 4.90 Å². The molecule has 1 aliphatic rings. The minimum absolute atomic E-state index is 0.153. The lowest BCUT2D eigenvalue weighted by atomic mass is 10.1. The highest BCUT2D eigenvalue weighted by molar-refractivity contribution is 7.09. The van der Waals surface area contributed by atoms with E-state index in [0.29, 0.717) is 41.7 Å². The third kappa shape index (κ3) is 5.40. The Bertz CT molecular complexity index is 1170. The quantitative estimate of drug-likeness (QED) is 0.412. The van der Waals surface area contributed by atoms with Crippen molar-refractivity contribution in [3.05, 3.63) is 75.9 Å². The first kappa shape index (κ1) is 23.8. The summed E-state index contributed by atoms with van der Waals surface area (Å²) in [4.78, 5) is 43.1. The Kier molecular flexibility index (Phi) is 7.49. The molecule has 4 rings (SSSR count). The number of carbonyl (C=O) groups is 3. The molecular weight excluding hydrogens is 474 g/mol. The Morgan fingerprint density at radius 2 is 1.91 bits per heavy atom. The van der Waals surface area contributed by atoms with E-state index >= 15 is 0 Å². The van der Waals surface area contributed by atoms with Crippen molar-refractivity contribution >= 4 is 52.2 Å². The van der Waals surface area contributed by atoms with Gasteiger partial charge in [-0.25, -0.2) is 9.69 Å². The molecule has 34 heavy (non-hydrogen) atoms. The summed E-state index contributed by atoms with van der Waals surface area (Å²) >= 11 is 7.68. The van der Waals surface area contributed by atoms with Crippen molar-refractivity contribution in [2.24, 2.45) is 0 Å². The third-order valence-electron chi connectivity index (χ3n) is 5.39. The summed E-state index contributed by atoms with van der Waals surface area (Å²) in [5.74, 6) is -0.0985. The number of hydrogen-bond acceptors (Lipinski definition) is 5. The fourth-order valence-corrected chi connectivity index (χ4v) is 4.70. The Morgan fingerprint density at radius 3 is 2.59 bits per heavy atom. The van der Waals surface area contributed by atoms with Gasteiger partial charge in [0.2, 0.25) is 5.91 Å². The molecule has 2 aromatic carbocycles. The summed E-state index contributed by atoms with van der Waals surface area (Å²) in [6.07, 6.45) is 0.441. The van der Waals surface area contributed by atoms with Gasteiger partial charge in [-0.05, 0) is 67.3 Å². The summed E-state index contributed by atoms with van der Waals surface area (Å²) in [5, 5.41) is 5.19. The van der Waals surface area contributed by atoms with Crippen LogP contribution in [-0.4, -0.2) is 41.9 Å². The maximum absolute atomic E-state index is 13.3. The molecule has 2 heterocycles. The largest absolute Gasteiger partial charge is 0.494 e. The number of urea groups is 1. The van der Waals surface area contributed by atoms with Crippen LogP contribution in [0.25, 0.3) is 0 Å². The van der Waals surface area contributed by atoms with Crippen molar-refractivity contribution in [1.29, 1.82) is 0 Å². The number of ether oxygens (including phenoxy) is 1. The van der Waals surface area contributed by atoms with Crippen LogP contribution in [0.15, 0.2) is 66.0 Å². The summed E-state index contributed by atoms with van der Waals surface area (Å²) in [6.45, 7) is 2.77. The van der Waals surface area contributed by atoms with E-state index in [2.05, 4.69) is 5.32 Å². The van der Waals surface area contributed by atoms with E-state index in [0.717, 1.165) is 9.78 Å². The number of benzene rings is 2. The highest BCUT2D eigenvalue weighted by Crippen LogP contribution is 2.29. The van der Waals surface area contributed by atoms with Crippen LogP contribution in [0, 0.1) is 0 Å². The lowest BCUT2D eigenvalue weighted by molar-refractivity contribution is -0.124. The minimum atomic E-state index is -0.908. The van der Waals surface area contributed by atoms with E-state index < -0.39 is 18.0 Å². The SMILES string of the molecule is CCOc1ccc(NC(=O)CC2C(=O)N(c3cccc(Cl)c3)C(=O)N2CCc2cccs2)cc1. The highest BCUT2D eigenvalue weighted by atomic mass is 35.5. The second-order valence-corrected chi connectivity index (χ2v) is 9.15. The van der Waals surface area contributed by atoms with Crippen LogP contribution in [-0.2, 0) is 16.0 Å². The molecule has 0 saturated carbocycles. The van der Waals surface area contributed by atoms with Crippen molar-refractivity contribution in [1.82, 2.24) is 4.90 Å². The first-order valence-electron chi connectivity index (χ1n) is 10.9. The van der Waals surface area contributed by atoms with Crippen LogP contribution in [0.2, 0.25) is 5.02 Å². The number of anilines is 2. The van der Waals surface area contributed by atoms with Crippen LogP contribution in [0.1, 0.15) is 18.2 Å². The smallest absolute Gasteiger partial charge is 0.332 e. The second-order valence-electron chi connectivity index (χ2n) is 7.68. The van der Waals surface area contributed by atoms with Crippen LogP contribution in [0.3, 0.4) is 0 Å². The maximum Gasteiger partial charge on any atom is 0.332 e. The second kappa shape index (κ2) is 10.7. The molecule has 1 atom stereocenters. The fourth-order valence-electron chi connectivity index (χ4n) is 3.81. The predicted octanol–water partition coefficient (Wildman–Crippen LogP) is 5.21. The van der Waals surface area contributed by atoms with Gasteiger partial charge in [-0.2, -0.15) is 0 Å². The van der Waals surface area contributed by atoms with Gasteiger partial charge < -0.3 is 15.0 Å². The Labute approximate surface area is 206 Å². The zero-order valence-electron chi connectivity index (χ0n) is 18.6. The van der Waals surface area contributed by atoms with Crippen molar-refractivity contribution in [3.63, 3.8) is 0 Å². The fraction of sp³-hybridized carbons (Fsp3) is 0.240. The van der Waals surface area contributed by atoms with Gasteiger partial charge in [0.25, 0.3) is 5.91 Å². The minimum Gasteiger partial charge on any atom is -0.494 e. The maximum atomic E-state index is 13.3. The molecule has 0 radical (unpaired) electrons. The molecule has 0 aliphatic carbocycles. The Balaban J connectivity index is 1.52. The van der Waals surface area contributed by atoms with E-state index in [1.54, 1.807) is 59.9 Å². The molecule has 1 aromatic heterocycles. The number of nitrogens with zero attached hydrogens (tertiary/aromatic N) is 2. The standard InChI is InChI=1S/C25H24ClN3O4S/c1-2-33-20-10-8-18(9-11-20)27-23(30)16-22-24(31)29(19-6-3-5-17(26)15-19)25(32)28(22)13-12-21-7-4-14-34-21/h3-11,14-15,22H,2,12-13,16H2,1H3,(H,27,30). The monoisotopic (exact) mass is 497 g/mol. The summed E-state index contributed by atoms with van der Waals surface area (Å²) in [7, 11) is 0. The number of carbonyl (C=O) groups excluding carboxylic acids is 3. The van der Waals surface area contributed by atoms with E-state index in [-0.39, 0.29) is 12.3 Å². The molecule has 1 saturated heterocycles. The zero-order chi connectivity index (χ0) is 24.1. The number of hydrogen-bond donors (Lipinski definition) is 1. The molecule has 0 bridgehead atoms. The average molecular weight is 498 g/mol. The van der Waals surface area contributed by atoms with Gasteiger partial charge in [0.05, 0.1) is 18.7 Å². The number of imide groups is 1. The lowest BCUT2D eigenvalue weighted by Gasteiger charge is -2.21. The summed E-state index contributed by atoms with van der Waals surface area (Å²) in [6, 6.07) is 16.1. The predicted molar refractivity (Wildman–Crippen MR) is 134 cm³/mol. The van der Waals surface area contributed by atoms with Crippen LogP contribution in [0.4, 0.5) is 16.2 Å². The molecule has 176 valence electrons. The van der Waals surface area contributed by atoms with Crippen molar-refractivity contribution in [2.45, 2.75) is 25.8 Å². The molecular formula is C25H24ClN3O4S. The number of rotatable bonds is 9. The molecule has 0 spiro atoms. The Hall–Kier alpha value is -3.36. The van der Waals surface area contributed by atoms with Gasteiger partial charge in [0.1, 0.15) is 11.8 Å². The topological polar surface area (TPSA) is 79.0 Å². The van der Waals surface area contributed by atoms with Crippen molar-refractivity contribution < 1.29 is 19.1 Å². The van der Waals surface area contributed by atoms with Gasteiger partial charge >= 0.3 is 6.03 Å². The average Bonchev–Trinajstić information content (AvgIpc) is 3.41. The highest BCUT2D eigenvalue weighted by Gasteiger charge is 2.46. The van der Waals surface area contributed by atoms with Gasteiger partial charge in [-0.1, -0.05) is 23.7 Å². The molecule has 9 heteroatoms. The van der Waals surface area contributed by atoms with Crippen molar-refractivity contribution in [3.8, 4) is 5.75 Å². The molecule has 3 aromatic rings. The molecule has 1 fully saturated rings. The normalized spacial score (nSPS) is 15.6. The summed E-state index contributed by atoms with van der Waals surface area (Å²) < 4.78 is 5.42.